The van der Waals surface area contributed by atoms with Gasteiger partial charge in [-0.3, -0.25) is 0 Å². The van der Waals surface area contributed by atoms with Crippen molar-refractivity contribution >= 4 is 0 Å². The minimum Gasteiger partial charge on any atom is -0.240 e. The molecule has 0 aliphatic heterocycles. The fraction of sp³-hybridized carbons (Fsp3) is 0.571. The second kappa shape index (κ2) is 10.4. The lowest BCUT2D eigenvalue weighted by Gasteiger charge is -2.29. The standard InChI is InChI=1S/C26H36N2.C2H6/c1-25(2,3)23-15-11-20(12-16-23)8-7-19-9-13-21(14-10-19)22-17-27-24(28-18-22)26(4,5)6;1-2/h9-10,13-15,17-18,20H,7-8,11-12,16H2,1-6H3;1-2H3. The Balaban J connectivity index is 0.00000155. The maximum atomic E-state index is 4.55. The molecule has 1 aliphatic carbocycles. The van der Waals surface area contributed by atoms with E-state index in [0.29, 0.717) is 5.41 Å². The predicted molar refractivity (Wildman–Crippen MR) is 131 cm³/mol. The minimum atomic E-state index is -0.00958. The number of hydrogen-bond acceptors (Lipinski definition) is 2. The van der Waals surface area contributed by atoms with E-state index in [1.807, 2.05) is 26.2 Å². The van der Waals surface area contributed by atoms with Crippen LogP contribution >= 0.6 is 0 Å². The Morgan fingerprint density at radius 2 is 1.43 bits per heavy atom. The van der Waals surface area contributed by atoms with Crippen LogP contribution in [0.2, 0.25) is 0 Å². The van der Waals surface area contributed by atoms with E-state index in [4.69, 9.17) is 0 Å². The van der Waals surface area contributed by atoms with Crippen LogP contribution in [0.1, 0.15) is 92.5 Å². The van der Waals surface area contributed by atoms with Crippen molar-refractivity contribution in [3.63, 3.8) is 0 Å². The van der Waals surface area contributed by atoms with Crippen LogP contribution < -0.4 is 0 Å². The quantitative estimate of drug-likeness (QED) is 0.478. The smallest absolute Gasteiger partial charge is 0.133 e. The SMILES string of the molecule is CC.CC(C)(C)C1=CCC(CCc2ccc(-c3cnc(C(C)(C)C)nc3)cc2)CC1. The number of rotatable bonds is 4. The van der Waals surface area contributed by atoms with Gasteiger partial charge in [0, 0.05) is 23.4 Å². The van der Waals surface area contributed by atoms with Crippen LogP contribution in [0.25, 0.3) is 11.1 Å². The zero-order valence-electron chi connectivity index (χ0n) is 20.5. The number of aryl methyl sites for hydroxylation is 1. The van der Waals surface area contributed by atoms with Crippen LogP contribution in [-0.4, -0.2) is 9.97 Å². The van der Waals surface area contributed by atoms with Gasteiger partial charge in [-0.1, -0.05) is 91.3 Å². The molecule has 30 heavy (non-hydrogen) atoms. The van der Waals surface area contributed by atoms with Gasteiger partial charge >= 0.3 is 0 Å². The molecule has 1 heterocycles. The summed E-state index contributed by atoms with van der Waals surface area (Å²) in [5.74, 6) is 1.73. The van der Waals surface area contributed by atoms with Gasteiger partial charge in [0.25, 0.3) is 0 Å². The molecule has 3 rings (SSSR count). The van der Waals surface area contributed by atoms with E-state index in [9.17, 15) is 0 Å². The summed E-state index contributed by atoms with van der Waals surface area (Å²) < 4.78 is 0. The molecule has 1 aromatic carbocycles. The fourth-order valence-electron chi connectivity index (χ4n) is 3.93. The lowest BCUT2D eigenvalue weighted by molar-refractivity contribution is 0.388. The molecule has 0 saturated carbocycles. The first-order valence-electron chi connectivity index (χ1n) is 11.7. The summed E-state index contributed by atoms with van der Waals surface area (Å²) in [6, 6.07) is 8.96. The average molecular weight is 407 g/mol. The molecule has 2 heteroatoms. The van der Waals surface area contributed by atoms with Crippen molar-refractivity contribution in [2.24, 2.45) is 11.3 Å². The first kappa shape index (κ1) is 24.3. The molecule has 0 radical (unpaired) electrons. The summed E-state index contributed by atoms with van der Waals surface area (Å²) in [6.07, 6.45) is 12.7. The lowest BCUT2D eigenvalue weighted by atomic mass is 9.76. The third kappa shape index (κ3) is 6.79. The second-order valence-electron chi connectivity index (χ2n) is 10.4. The molecule has 2 nitrogen and oxygen atoms in total. The van der Waals surface area contributed by atoms with Crippen LogP contribution in [0.5, 0.6) is 0 Å². The first-order valence-corrected chi connectivity index (χ1v) is 11.7. The summed E-state index contributed by atoms with van der Waals surface area (Å²) in [6.45, 7) is 17.4. The predicted octanol–water partition coefficient (Wildman–Crippen LogP) is 8.17. The maximum Gasteiger partial charge on any atom is 0.133 e. The van der Waals surface area contributed by atoms with Gasteiger partial charge in [0.2, 0.25) is 0 Å². The molecule has 0 bridgehead atoms. The largest absolute Gasteiger partial charge is 0.240 e. The van der Waals surface area contributed by atoms with Crippen molar-refractivity contribution < 1.29 is 0 Å². The Hall–Kier alpha value is -1.96. The van der Waals surface area contributed by atoms with Gasteiger partial charge in [0.15, 0.2) is 0 Å². The zero-order valence-corrected chi connectivity index (χ0v) is 20.5. The van der Waals surface area contributed by atoms with Crippen molar-refractivity contribution in [2.45, 2.75) is 92.9 Å². The molecule has 2 aromatic rings. The van der Waals surface area contributed by atoms with Crippen LogP contribution in [0.3, 0.4) is 0 Å². The van der Waals surface area contributed by atoms with E-state index in [2.05, 4.69) is 81.9 Å². The maximum absolute atomic E-state index is 4.55. The topological polar surface area (TPSA) is 25.8 Å². The van der Waals surface area contributed by atoms with E-state index < -0.39 is 0 Å². The Labute approximate surface area is 185 Å². The van der Waals surface area contributed by atoms with Crippen LogP contribution in [0, 0.1) is 11.3 Å². The molecule has 0 N–H and O–H groups in total. The highest BCUT2D eigenvalue weighted by Gasteiger charge is 2.22. The van der Waals surface area contributed by atoms with Crippen molar-refractivity contribution in [1.82, 2.24) is 9.97 Å². The highest BCUT2D eigenvalue weighted by molar-refractivity contribution is 5.61. The Bertz CT molecular complexity index is 800. The lowest BCUT2D eigenvalue weighted by Crippen LogP contribution is -2.16. The molecule has 164 valence electrons. The van der Waals surface area contributed by atoms with E-state index >= 15 is 0 Å². The Morgan fingerprint density at radius 3 is 1.90 bits per heavy atom. The summed E-state index contributed by atoms with van der Waals surface area (Å²) in [5, 5.41) is 0. The highest BCUT2D eigenvalue weighted by Crippen LogP contribution is 2.36. The van der Waals surface area contributed by atoms with Gasteiger partial charge in [0.05, 0.1) is 0 Å². The molecule has 0 saturated heterocycles. The molecular weight excluding hydrogens is 364 g/mol. The van der Waals surface area contributed by atoms with Gasteiger partial charge in [-0.05, 0) is 54.6 Å². The van der Waals surface area contributed by atoms with E-state index in [1.54, 1.807) is 5.57 Å². The second-order valence-corrected chi connectivity index (χ2v) is 10.4. The molecule has 0 amide bonds. The number of nitrogens with zero attached hydrogens (tertiary/aromatic N) is 2. The average Bonchev–Trinajstić information content (AvgIpc) is 2.73. The summed E-state index contributed by atoms with van der Waals surface area (Å²) >= 11 is 0. The number of hydrogen-bond donors (Lipinski definition) is 0. The summed E-state index contributed by atoms with van der Waals surface area (Å²) in [4.78, 5) is 9.11. The molecule has 1 aromatic heterocycles. The number of benzene rings is 1. The first-order chi connectivity index (χ1) is 14.1. The monoisotopic (exact) mass is 406 g/mol. The molecule has 0 fully saturated rings. The van der Waals surface area contributed by atoms with Gasteiger partial charge < -0.3 is 0 Å². The number of aromatic nitrogens is 2. The third-order valence-corrected chi connectivity index (χ3v) is 5.93. The van der Waals surface area contributed by atoms with Gasteiger partial charge in [-0.2, -0.15) is 0 Å². The van der Waals surface area contributed by atoms with Gasteiger partial charge in [-0.25, -0.2) is 9.97 Å². The van der Waals surface area contributed by atoms with Crippen molar-refractivity contribution in [3.05, 3.63) is 59.7 Å². The number of allylic oxidation sites excluding steroid dienone is 2. The van der Waals surface area contributed by atoms with E-state index in [-0.39, 0.29) is 5.41 Å². The summed E-state index contributed by atoms with van der Waals surface area (Å²) in [7, 11) is 0. The minimum absolute atomic E-state index is 0.00958. The van der Waals surface area contributed by atoms with Gasteiger partial charge in [0.1, 0.15) is 5.82 Å². The fourth-order valence-corrected chi connectivity index (χ4v) is 3.93. The Morgan fingerprint density at radius 1 is 0.833 bits per heavy atom. The molecule has 1 unspecified atom stereocenters. The molecule has 1 atom stereocenters. The molecular formula is C28H42N2. The molecule has 1 aliphatic rings. The van der Waals surface area contributed by atoms with E-state index in [1.165, 1.54) is 43.2 Å². The van der Waals surface area contributed by atoms with Crippen molar-refractivity contribution in [3.8, 4) is 11.1 Å². The van der Waals surface area contributed by atoms with Crippen molar-refractivity contribution in [1.29, 1.82) is 0 Å². The molecule has 0 spiro atoms. The Kier molecular flexibility index (Phi) is 8.41. The van der Waals surface area contributed by atoms with Crippen LogP contribution in [-0.2, 0) is 11.8 Å². The normalized spacial score (nSPS) is 17.1. The van der Waals surface area contributed by atoms with E-state index in [0.717, 1.165) is 17.3 Å². The zero-order chi connectivity index (χ0) is 22.4. The van der Waals surface area contributed by atoms with Gasteiger partial charge in [-0.15, -0.1) is 0 Å². The van der Waals surface area contributed by atoms with Crippen LogP contribution in [0.4, 0.5) is 0 Å². The highest BCUT2D eigenvalue weighted by atomic mass is 14.9. The third-order valence-electron chi connectivity index (χ3n) is 5.93. The summed E-state index contributed by atoms with van der Waals surface area (Å²) in [5.41, 5.74) is 5.70. The van der Waals surface area contributed by atoms with Crippen LogP contribution in [0.15, 0.2) is 48.3 Å². The van der Waals surface area contributed by atoms with Crippen molar-refractivity contribution in [2.75, 3.05) is 0 Å².